The van der Waals surface area contributed by atoms with E-state index in [0.717, 1.165) is 5.56 Å². The quantitative estimate of drug-likeness (QED) is 0.787. The number of methoxy groups -OCH3 is 2. The molecule has 3 fully saturated rings. The van der Waals surface area contributed by atoms with E-state index in [4.69, 9.17) is 23.7 Å². The maximum atomic E-state index is 12.0. The molecule has 4 rings (SSSR count). The molecule has 1 saturated carbocycles. The molecule has 2 saturated heterocycles. The highest BCUT2D eigenvalue weighted by Crippen LogP contribution is 2.58. The smallest absolute Gasteiger partial charge is 0.309 e. The summed E-state index contributed by atoms with van der Waals surface area (Å²) in [5, 5.41) is 0. The first kappa shape index (κ1) is 15.1. The molecule has 1 aromatic carbocycles. The number of fused-ring (bicyclic) bond motifs is 3. The van der Waals surface area contributed by atoms with Gasteiger partial charge in [0.05, 0.1) is 25.7 Å². The molecule has 23 heavy (non-hydrogen) atoms. The van der Waals surface area contributed by atoms with Gasteiger partial charge in [0, 0.05) is 24.5 Å². The largest absolute Gasteiger partial charge is 0.469 e. The first-order valence-electron chi connectivity index (χ1n) is 7.82. The highest BCUT2D eigenvalue weighted by molar-refractivity contribution is 5.76. The Labute approximate surface area is 134 Å². The van der Waals surface area contributed by atoms with Gasteiger partial charge in [0.1, 0.15) is 6.10 Å². The Balaban J connectivity index is 1.54. The second-order valence-electron chi connectivity index (χ2n) is 6.16. The van der Waals surface area contributed by atoms with Gasteiger partial charge < -0.3 is 23.7 Å². The SMILES string of the molecule is COC(=O)[C@@H]1[C@H]2[C@@H]3O[C@@H](c4ccccc4)OC[C@H]3O[C@H](OC)[C@@H]12. The summed E-state index contributed by atoms with van der Waals surface area (Å²) in [4.78, 5) is 12.0. The van der Waals surface area contributed by atoms with Crippen molar-refractivity contribution in [3.8, 4) is 0 Å². The van der Waals surface area contributed by atoms with Crippen molar-refractivity contribution < 1.29 is 28.5 Å². The van der Waals surface area contributed by atoms with E-state index >= 15 is 0 Å². The van der Waals surface area contributed by atoms with E-state index in [-0.39, 0.29) is 35.9 Å². The number of hydrogen-bond donors (Lipinski definition) is 0. The summed E-state index contributed by atoms with van der Waals surface area (Å²) in [5.41, 5.74) is 0.964. The highest BCUT2D eigenvalue weighted by Gasteiger charge is 2.69. The van der Waals surface area contributed by atoms with Gasteiger partial charge in [-0.25, -0.2) is 0 Å². The fourth-order valence-corrected chi connectivity index (χ4v) is 3.85. The van der Waals surface area contributed by atoms with E-state index in [2.05, 4.69) is 0 Å². The molecule has 0 amide bonds. The monoisotopic (exact) mass is 320 g/mol. The second kappa shape index (κ2) is 5.87. The molecule has 3 aliphatic rings. The Morgan fingerprint density at radius 1 is 1.13 bits per heavy atom. The van der Waals surface area contributed by atoms with E-state index in [0.29, 0.717) is 6.61 Å². The van der Waals surface area contributed by atoms with Crippen LogP contribution >= 0.6 is 0 Å². The van der Waals surface area contributed by atoms with Gasteiger partial charge >= 0.3 is 5.97 Å². The Hall–Kier alpha value is -1.47. The van der Waals surface area contributed by atoms with Gasteiger partial charge in [-0.3, -0.25) is 4.79 Å². The maximum absolute atomic E-state index is 12.0. The number of benzene rings is 1. The van der Waals surface area contributed by atoms with Crippen LogP contribution in [0.1, 0.15) is 11.9 Å². The van der Waals surface area contributed by atoms with Gasteiger partial charge in [-0.1, -0.05) is 30.3 Å². The van der Waals surface area contributed by atoms with Gasteiger partial charge in [-0.2, -0.15) is 0 Å². The molecule has 0 radical (unpaired) electrons. The van der Waals surface area contributed by atoms with Crippen LogP contribution in [0.4, 0.5) is 0 Å². The molecule has 6 heteroatoms. The minimum Gasteiger partial charge on any atom is -0.469 e. The summed E-state index contributed by atoms with van der Waals surface area (Å²) < 4.78 is 28.2. The van der Waals surface area contributed by atoms with Crippen LogP contribution in [0.15, 0.2) is 30.3 Å². The van der Waals surface area contributed by atoms with Crippen molar-refractivity contribution in [1.82, 2.24) is 0 Å². The molecule has 1 aromatic rings. The van der Waals surface area contributed by atoms with E-state index in [1.807, 2.05) is 30.3 Å². The number of carbonyl (C=O) groups excluding carboxylic acids is 1. The maximum Gasteiger partial charge on any atom is 0.309 e. The fourth-order valence-electron chi connectivity index (χ4n) is 3.85. The predicted octanol–water partition coefficient (Wildman–Crippen LogP) is 1.51. The van der Waals surface area contributed by atoms with E-state index in [1.165, 1.54) is 7.11 Å². The van der Waals surface area contributed by atoms with Crippen molar-refractivity contribution >= 4 is 5.97 Å². The molecular weight excluding hydrogens is 300 g/mol. The topological polar surface area (TPSA) is 63.2 Å². The summed E-state index contributed by atoms with van der Waals surface area (Å²) in [6.45, 7) is 0.418. The Bertz CT molecular complexity index is 576. The predicted molar refractivity (Wildman–Crippen MR) is 78.2 cm³/mol. The minimum absolute atomic E-state index is 0.0109. The lowest BCUT2D eigenvalue weighted by atomic mass is 10.0. The molecule has 0 N–H and O–H groups in total. The summed E-state index contributed by atoms with van der Waals surface area (Å²) in [5.74, 6) is -0.406. The molecule has 7 atom stereocenters. The molecule has 1 aliphatic carbocycles. The lowest BCUT2D eigenvalue weighted by Gasteiger charge is -2.41. The minimum atomic E-state index is -0.431. The average molecular weight is 320 g/mol. The van der Waals surface area contributed by atoms with Gasteiger partial charge in [0.15, 0.2) is 12.6 Å². The number of hydrogen-bond acceptors (Lipinski definition) is 6. The standard InChI is InChI=1S/C17H20O6/c1-19-15(18)12-11-13(12)17(20-2)22-10-8-21-16(23-14(10)11)9-6-4-3-5-7-9/h3-7,10-14,16-17H,8H2,1-2H3/t10-,11-,12-,13-,14-,16+,17+/m1/s1. The number of esters is 1. The van der Waals surface area contributed by atoms with Gasteiger partial charge in [0.2, 0.25) is 0 Å². The lowest BCUT2D eigenvalue weighted by molar-refractivity contribution is -0.316. The van der Waals surface area contributed by atoms with Crippen molar-refractivity contribution in [1.29, 1.82) is 0 Å². The van der Waals surface area contributed by atoms with Crippen molar-refractivity contribution in [2.45, 2.75) is 24.8 Å². The Kier molecular flexibility index (Phi) is 3.85. The summed E-state index contributed by atoms with van der Waals surface area (Å²) in [6.07, 6.45) is -1.25. The van der Waals surface area contributed by atoms with Crippen LogP contribution in [-0.4, -0.2) is 45.3 Å². The first-order valence-corrected chi connectivity index (χ1v) is 7.82. The van der Waals surface area contributed by atoms with Crippen LogP contribution in [0.25, 0.3) is 0 Å². The molecule has 6 nitrogen and oxygen atoms in total. The molecular formula is C17H20O6. The second-order valence-corrected chi connectivity index (χ2v) is 6.16. The van der Waals surface area contributed by atoms with Crippen LogP contribution in [0, 0.1) is 17.8 Å². The molecule has 124 valence electrons. The van der Waals surface area contributed by atoms with Crippen LogP contribution in [0.2, 0.25) is 0 Å². The normalized spacial score (nSPS) is 41.6. The molecule has 2 heterocycles. The summed E-state index contributed by atoms with van der Waals surface area (Å²) in [7, 11) is 3.00. The highest BCUT2D eigenvalue weighted by atomic mass is 16.7. The van der Waals surface area contributed by atoms with Crippen molar-refractivity contribution in [3.05, 3.63) is 35.9 Å². The zero-order chi connectivity index (χ0) is 16.0. The van der Waals surface area contributed by atoms with Crippen molar-refractivity contribution in [2.75, 3.05) is 20.8 Å². The Morgan fingerprint density at radius 3 is 2.61 bits per heavy atom. The van der Waals surface area contributed by atoms with E-state index < -0.39 is 12.6 Å². The lowest BCUT2D eigenvalue weighted by Crippen LogP contribution is -2.49. The third-order valence-corrected chi connectivity index (χ3v) is 4.97. The molecule has 0 unspecified atom stereocenters. The van der Waals surface area contributed by atoms with Gasteiger partial charge in [0.25, 0.3) is 0 Å². The van der Waals surface area contributed by atoms with Gasteiger partial charge in [-0.15, -0.1) is 0 Å². The number of carbonyl (C=O) groups is 1. The zero-order valence-electron chi connectivity index (χ0n) is 13.1. The third kappa shape index (κ3) is 2.46. The molecule has 2 aliphatic heterocycles. The van der Waals surface area contributed by atoms with Crippen LogP contribution in [0.3, 0.4) is 0 Å². The van der Waals surface area contributed by atoms with Crippen molar-refractivity contribution in [2.24, 2.45) is 17.8 Å². The van der Waals surface area contributed by atoms with Crippen LogP contribution in [-0.2, 0) is 28.5 Å². The molecule has 0 aromatic heterocycles. The van der Waals surface area contributed by atoms with E-state index in [1.54, 1.807) is 7.11 Å². The van der Waals surface area contributed by atoms with Crippen LogP contribution in [0.5, 0.6) is 0 Å². The summed E-state index contributed by atoms with van der Waals surface area (Å²) >= 11 is 0. The molecule has 0 bridgehead atoms. The van der Waals surface area contributed by atoms with Gasteiger partial charge in [-0.05, 0) is 0 Å². The van der Waals surface area contributed by atoms with E-state index in [9.17, 15) is 4.79 Å². The Morgan fingerprint density at radius 2 is 1.91 bits per heavy atom. The number of ether oxygens (including phenoxy) is 5. The zero-order valence-corrected chi connectivity index (χ0v) is 13.1. The average Bonchev–Trinajstić information content (AvgIpc) is 3.36. The number of rotatable bonds is 3. The fraction of sp³-hybridized carbons (Fsp3) is 0.588. The first-order chi connectivity index (χ1) is 11.2. The van der Waals surface area contributed by atoms with Crippen LogP contribution < -0.4 is 0 Å². The molecule has 0 spiro atoms. The summed E-state index contributed by atoms with van der Waals surface area (Å²) in [6, 6.07) is 9.78. The van der Waals surface area contributed by atoms with Crippen molar-refractivity contribution in [3.63, 3.8) is 0 Å². The third-order valence-electron chi connectivity index (χ3n) is 4.97.